The van der Waals surface area contributed by atoms with Crippen molar-refractivity contribution >= 4 is 40.9 Å². The third-order valence-electron chi connectivity index (χ3n) is 6.14. The quantitative estimate of drug-likeness (QED) is 0.763. The predicted octanol–water partition coefficient (Wildman–Crippen LogP) is 3.57. The van der Waals surface area contributed by atoms with E-state index < -0.39 is 0 Å². The third kappa shape index (κ3) is 3.79. The molecule has 6 nitrogen and oxygen atoms in total. The fourth-order valence-electron chi connectivity index (χ4n) is 4.18. The second-order valence-electron chi connectivity index (χ2n) is 7.83. The molecule has 0 aliphatic carbocycles. The molecule has 0 unspecified atom stereocenters. The zero-order valence-corrected chi connectivity index (χ0v) is 18.7. The number of hydrogen-bond acceptors (Lipinski definition) is 6. The first-order valence-corrected chi connectivity index (χ1v) is 11.2. The van der Waals surface area contributed by atoms with E-state index >= 15 is 0 Å². The Kier molecular flexibility index (Phi) is 5.88. The molecule has 2 atom stereocenters. The van der Waals surface area contributed by atoms with Crippen LogP contribution in [0.1, 0.15) is 19.8 Å². The van der Waals surface area contributed by atoms with E-state index in [1.165, 1.54) is 11.8 Å². The van der Waals surface area contributed by atoms with Gasteiger partial charge < -0.3 is 15.4 Å². The largest absolute Gasteiger partial charge is 0.376 e. The predicted molar refractivity (Wildman–Crippen MR) is 117 cm³/mol. The monoisotopic (exact) mass is 454 g/mol. The highest BCUT2D eigenvalue weighted by atomic mass is 35.5. The minimum Gasteiger partial charge on any atom is -0.376 e. The summed E-state index contributed by atoms with van der Waals surface area (Å²) >= 11 is 13.6. The van der Waals surface area contributed by atoms with Crippen LogP contribution in [0.4, 0.5) is 5.95 Å². The summed E-state index contributed by atoms with van der Waals surface area (Å²) in [6, 6.07) is 5.43. The number of piperidine rings is 1. The van der Waals surface area contributed by atoms with E-state index in [2.05, 4.69) is 9.88 Å². The summed E-state index contributed by atoms with van der Waals surface area (Å²) in [7, 11) is 1.76. The van der Waals surface area contributed by atoms with Gasteiger partial charge in [0.05, 0.1) is 33.8 Å². The second-order valence-corrected chi connectivity index (χ2v) is 9.70. The lowest BCUT2D eigenvalue weighted by Gasteiger charge is -2.41. The number of anilines is 1. The van der Waals surface area contributed by atoms with Gasteiger partial charge in [0.2, 0.25) is 5.95 Å². The normalized spacial score (nSPS) is 23.7. The van der Waals surface area contributed by atoms with E-state index in [1.54, 1.807) is 23.9 Å². The summed E-state index contributed by atoms with van der Waals surface area (Å²) in [5, 5.41) is 0.903. The Morgan fingerprint density at radius 1 is 1.28 bits per heavy atom. The minimum absolute atomic E-state index is 0.0356. The van der Waals surface area contributed by atoms with Gasteiger partial charge in [0.1, 0.15) is 0 Å². The molecule has 4 rings (SSSR count). The topological polar surface area (TPSA) is 73.4 Å². The van der Waals surface area contributed by atoms with Crippen molar-refractivity contribution in [2.45, 2.75) is 41.7 Å². The van der Waals surface area contributed by atoms with Gasteiger partial charge in [-0.25, -0.2) is 4.98 Å². The molecule has 1 spiro atoms. The molecule has 9 heteroatoms. The summed E-state index contributed by atoms with van der Waals surface area (Å²) in [6.45, 7) is 4.36. The van der Waals surface area contributed by atoms with Crippen molar-refractivity contribution in [1.82, 2.24) is 9.55 Å². The SMILES string of the molecule is C[C@@H]1OCC2(CCN(c3ncc(Sc4cccc(Cl)c4Cl)c(=O)n3C)CC2)[C@@H]1N. The fraction of sp³-hybridized carbons (Fsp3) is 0.500. The lowest BCUT2D eigenvalue weighted by molar-refractivity contribution is 0.0973. The van der Waals surface area contributed by atoms with Crippen LogP contribution in [-0.4, -0.2) is 41.4 Å². The van der Waals surface area contributed by atoms with Gasteiger partial charge in [-0.1, -0.05) is 41.0 Å². The lowest BCUT2D eigenvalue weighted by Crippen LogP contribution is -2.51. The Morgan fingerprint density at radius 2 is 2.00 bits per heavy atom. The molecule has 2 fully saturated rings. The summed E-state index contributed by atoms with van der Waals surface area (Å²) in [5.41, 5.74) is 6.33. The summed E-state index contributed by atoms with van der Waals surface area (Å²) in [6.07, 6.45) is 3.58. The van der Waals surface area contributed by atoms with Crippen LogP contribution in [0.5, 0.6) is 0 Å². The van der Waals surface area contributed by atoms with Crippen LogP contribution < -0.4 is 16.2 Å². The number of ether oxygens (including phenoxy) is 1. The number of nitrogens with zero attached hydrogens (tertiary/aromatic N) is 3. The second kappa shape index (κ2) is 8.12. The molecule has 1 aromatic carbocycles. The Hall–Kier alpha value is -1.25. The minimum atomic E-state index is -0.106. The fourth-order valence-corrected chi connectivity index (χ4v) is 5.57. The Morgan fingerprint density at radius 3 is 2.66 bits per heavy atom. The Bertz CT molecular complexity index is 975. The molecule has 2 saturated heterocycles. The highest BCUT2D eigenvalue weighted by Gasteiger charge is 2.47. The van der Waals surface area contributed by atoms with E-state index in [9.17, 15) is 4.79 Å². The lowest BCUT2D eigenvalue weighted by atomic mass is 9.73. The molecule has 0 amide bonds. The van der Waals surface area contributed by atoms with E-state index in [4.69, 9.17) is 33.7 Å². The molecule has 2 N–H and O–H groups in total. The van der Waals surface area contributed by atoms with Crippen molar-refractivity contribution in [3.8, 4) is 0 Å². The number of rotatable bonds is 3. The van der Waals surface area contributed by atoms with Gasteiger partial charge in [-0.05, 0) is 31.9 Å². The van der Waals surface area contributed by atoms with Crippen molar-refractivity contribution in [2.75, 3.05) is 24.6 Å². The molecule has 0 saturated carbocycles. The molecule has 156 valence electrons. The van der Waals surface area contributed by atoms with E-state index in [-0.39, 0.29) is 23.1 Å². The van der Waals surface area contributed by atoms with Crippen LogP contribution in [0.3, 0.4) is 0 Å². The maximum absolute atomic E-state index is 12.9. The summed E-state index contributed by atoms with van der Waals surface area (Å²) in [5.74, 6) is 0.673. The number of halogens is 2. The van der Waals surface area contributed by atoms with E-state index in [1.807, 2.05) is 19.1 Å². The molecule has 0 bridgehead atoms. The average molecular weight is 455 g/mol. The van der Waals surface area contributed by atoms with Gasteiger partial charge in [0.15, 0.2) is 0 Å². The smallest absolute Gasteiger partial charge is 0.268 e. The average Bonchev–Trinajstić information content (AvgIpc) is 2.98. The molecule has 3 heterocycles. The van der Waals surface area contributed by atoms with Gasteiger partial charge in [0, 0.05) is 36.5 Å². The van der Waals surface area contributed by atoms with Crippen LogP contribution in [0.15, 0.2) is 39.0 Å². The molecule has 2 aliphatic rings. The van der Waals surface area contributed by atoms with Crippen LogP contribution in [-0.2, 0) is 11.8 Å². The van der Waals surface area contributed by atoms with Crippen molar-refractivity contribution in [3.63, 3.8) is 0 Å². The highest BCUT2D eigenvalue weighted by molar-refractivity contribution is 7.99. The number of nitrogens with two attached hydrogens (primary N) is 1. The van der Waals surface area contributed by atoms with Crippen molar-refractivity contribution in [3.05, 3.63) is 44.8 Å². The summed E-state index contributed by atoms with van der Waals surface area (Å²) < 4.78 is 7.40. The van der Waals surface area contributed by atoms with Crippen LogP contribution in [0.2, 0.25) is 10.0 Å². The van der Waals surface area contributed by atoms with Crippen LogP contribution >= 0.6 is 35.0 Å². The molecule has 29 heavy (non-hydrogen) atoms. The molecule has 1 aromatic heterocycles. The molecular weight excluding hydrogens is 431 g/mol. The zero-order chi connectivity index (χ0) is 20.8. The number of hydrogen-bond donors (Lipinski definition) is 1. The third-order valence-corrected chi connectivity index (χ3v) is 8.13. The number of benzene rings is 1. The van der Waals surface area contributed by atoms with Crippen molar-refractivity contribution in [2.24, 2.45) is 18.2 Å². The Balaban J connectivity index is 1.53. The van der Waals surface area contributed by atoms with Gasteiger partial charge in [0.25, 0.3) is 5.56 Å². The van der Waals surface area contributed by atoms with Crippen molar-refractivity contribution < 1.29 is 4.74 Å². The highest BCUT2D eigenvalue weighted by Crippen LogP contribution is 2.42. The van der Waals surface area contributed by atoms with Gasteiger partial charge in [-0.2, -0.15) is 0 Å². The van der Waals surface area contributed by atoms with E-state index in [0.29, 0.717) is 27.5 Å². The standard InChI is InChI=1S/C20H24Cl2N4O2S/c1-12-17(23)20(11-28-12)6-8-26(9-7-20)19-24-10-15(18(27)25(19)2)29-14-5-3-4-13(21)16(14)22/h3-5,10,12,17H,6-9,11,23H2,1-2H3/t12-,17+/m0/s1. The Labute approximate surface area is 184 Å². The van der Waals surface area contributed by atoms with Gasteiger partial charge in [-0.15, -0.1) is 0 Å². The van der Waals surface area contributed by atoms with Crippen LogP contribution in [0.25, 0.3) is 0 Å². The number of aromatic nitrogens is 2. The maximum atomic E-state index is 12.9. The first-order chi connectivity index (χ1) is 13.8. The summed E-state index contributed by atoms with van der Waals surface area (Å²) in [4.78, 5) is 20.9. The van der Waals surface area contributed by atoms with Crippen molar-refractivity contribution in [1.29, 1.82) is 0 Å². The van der Waals surface area contributed by atoms with E-state index in [0.717, 1.165) is 30.8 Å². The van der Waals surface area contributed by atoms with Gasteiger partial charge in [-0.3, -0.25) is 9.36 Å². The zero-order valence-electron chi connectivity index (χ0n) is 16.4. The van der Waals surface area contributed by atoms with Crippen LogP contribution in [0, 0.1) is 5.41 Å². The molecular formula is C20H24Cl2N4O2S. The molecule has 2 aliphatic heterocycles. The molecule has 2 aromatic rings. The first-order valence-electron chi connectivity index (χ1n) is 9.62. The molecule has 0 radical (unpaired) electrons. The maximum Gasteiger partial charge on any atom is 0.268 e. The van der Waals surface area contributed by atoms with Gasteiger partial charge >= 0.3 is 0 Å². The first kappa shape index (κ1) is 21.0.